The van der Waals surface area contributed by atoms with E-state index in [0.717, 1.165) is 36.3 Å². The highest BCUT2D eigenvalue weighted by Crippen LogP contribution is 2.56. The summed E-state index contributed by atoms with van der Waals surface area (Å²) in [6, 6.07) is 11.4. The molecule has 0 N–H and O–H groups in total. The average molecular weight is 457 g/mol. The van der Waals surface area contributed by atoms with Gasteiger partial charge in [0.1, 0.15) is 18.0 Å². The molecule has 0 saturated heterocycles. The molecule has 1 fully saturated rings. The highest BCUT2D eigenvalue weighted by atomic mass is 19.4. The SMILES string of the molecule is CC1(C(F)(F)F)CC1.Cc1cccc2c1CCCN2c1nc2nncn2c2c(F)cccc12. The zero-order valence-corrected chi connectivity index (χ0v) is 18.3. The van der Waals surface area contributed by atoms with Crippen LogP contribution in [0.2, 0.25) is 0 Å². The first-order valence-electron chi connectivity index (χ1n) is 10.9. The van der Waals surface area contributed by atoms with Crippen molar-refractivity contribution in [2.24, 2.45) is 5.41 Å². The molecule has 6 rings (SSSR count). The molecular formula is C24H23F4N5. The lowest BCUT2D eigenvalue weighted by molar-refractivity contribution is -0.181. The van der Waals surface area contributed by atoms with Crippen molar-refractivity contribution in [2.45, 2.75) is 45.7 Å². The van der Waals surface area contributed by atoms with Gasteiger partial charge in [-0.1, -0.05) is 25.1 Å². The molecule has 2 aromatic carbocycles. The lowest BCUT2D eigenvalue weighted by atomic mass is 9.97. The monoisotopic (exact) mass is 457 g/mol. The lowest BCUT2D eigenvalue weighted by Gasteiger charge is -2.32. The van der Waals surface area contributed by atoms with E-state index >= 15 is 0 Å². The molecule has 0 amide bonds. The minimum atomic E-state index is -3.95. The number of rotatable bonds is 1. The van der Waals surface area contributed by atoms with E-state index in [2.05, 4.69) is 40.2 Å². The van der Waals surface area contributed by atoms with Gasteiger partial charge in [0.05, 0.1) is 10.9 Å². The number of fused-ring (bicyclic) bond motifs is 4. The van der Waals surface area contributed by atoms with Gasteiger partial charge in [-0.15, -0.1) is 10.2 Å². The van der Waals surface area contributed by atoms with Crippen LogP contribution in [0.5, 0.6) is 0 Å². The van der Waals surface area contributed by atoms with Crippen molar-refractivity contribution in [2.75, 3.05) is 11.4 Å². The highest BCUT2D eigenvalue weighted by molar-refractivity contribution is 5.94. The maximum Gasteiger partial charge on any atom is 0.394 e. The van der Waals surface area contributed by atoms with Gasteiger partial charge in [0, 0.05) is 17.6 Å². The first-order valence-corrected chi connectivity index (χ1v) is 10.9. The van der Waals surface area contributed by atoms with Crippen LogP contribution in [0.25, 0.3) is 16.7 Å². The average Bonchev–Trinajstić information content (AvgIpc) is 3.38. The van der Waals surface area contributed by atoms with Gasteiger partial charge in [-0.2, -0.15) is 18.2 Å². The predicted octanol–water partition coefficient (Wildman–Crippen LogP) is 6.16. The van der Waals surface area contributed by atoms with Gasteiger partial charge in [-0.05, 0) is 61.9 Å². The molecule has 0 unspecified atom stereocenters. The van der Waals surface area contributed by atoms with Gasteiger partial charge in [0.15, 0.2) is 0 Å². The second kappa shape index (κ2) is 7.67. The standard InChI is InChI=1S/C19H16FN5.C5H7F3/c1-12-5-2-9-16-13(12)7-4-10-24(16)18-14-6-3-8-15(20)17(14)25-11-21-23-19(25)22-18;1-4(2-3-4)5(6,7)8/h2-3,5-6,8-9,11H,4,7,10H2,1H3;2-3H2,1H3. The zero-order chi connectivity index (χ0) is 23.4. The smallest absolute Gasteiger partial charge is 0.325 e. The summed E-state index contributed by atoms with van der Waals surface area (Å²) in [6.45, 7) is 4.24. The maximum absolute atomic E-state index is 14.6. The number of aromatic nitrogens is 4. The molecule has 0 atom stereocenters. The quantitative estimate of drug-likeness (QED) is 0.321. The Hall–Kier alpha value is -3.23. The normalized spacial score (nSPS) is 17.0. The van der Waals surface area contributed by atoms with Crippen molar-refractivity contribution in [3.63, 3.8) is 0 Å². The Labute approximate surface area is 188 Å². The van der Waals surface area contributed by atoms with Crippen molar-refractivity contribution >= 4 is 28.2 Å². The van der Waals surface area contributed by atoms with E-state index in [1.54, 1.807) is 10.5 Å². The van der Waals surface area contributed by atoms with Crippen LogP contribution in [0.1, 0.15) is 37.3 Å². The largest absolute Gasteiger partial charge is 0.394 e. The second-order valence-corrected chi connectivity index (χ2v) is 8.96. The fraction of sp³-hybridized carbons (Fsp3) is 0.375. The molecule has 0 spiro atoms. The van der Waals surface area contributed by atoms with Crippen LogP contribution in [0.15, 0.2) is 42.7 Å². The molecule has 1 saturated carbocycles. The Bertz CT molecular complexity index is 1340. The van der Waals surface area contributed by atoms with E-state index < -0.39 is 11.6 Å². The highest BCUT2D eigenvalue weighted by Gasteiger charge is 2.59. The van der Waals surface area contributed by atoms with Crippen LogP contribution in [-0.2, 0) is 6.42 Å². The second-order valence-electron chi connectivity index (χ2n) is 8.96. The number of halogens is 4. The summed E-state index contributed by atoms with van der Waals surface area (Å²) in [6.07, 6.45) is 0.276. The van der Waals surface area contributed by atoms with Crippen LogP contribution in [-0.4, -0.2) is 32.3 Å². The summed E-state index contributed by atoms with van der Waals surface area (Å²) in [4.78, 5) is 6.89. The fourth-order valence-corrected chi connectivity index (χ4v) is 4.25. The van der Waals surface area contributed by atoms with Crippen molar-refractivity contribution in [1.82, 2.24) is 19.6 Å². The van der Waals surface area contributed by atoms with Crippen LogP contribution >= 0.6 is 0 Å². The van der Waals surface area contributed by atoms with Gasteiger partial charge >= 0.3 is 6.18 Å². The molecule has 0 radical (unpaired) electrons. The Morgan fingerprint density at radius 3 is 2.52 bits per heavy atom. The van der Waals surface area contributed by atoms with Crippen molar-refractivity contribution in [3.8, 4) is 0 Å². The number of para-hydroxylation sites is 1. The summed E-state index contributed by atoms with van der Waals surface area (Å²) >= 11 is 0. The Balaban J connectivity index is 0.000000243. The van der Waals surface area contributed by atoms with Crippen LogP contribution in [0, 0.1) is 18.2 Å². The van der Waals surface area contributed by atoms with Crippen LogP contribution in [0.3, 0.4) is 0 Å². The number of anilines is 2. The van der Waals surface area contributed by atoms with Gasteiger partial charge in [-0.3, -0.25) is 4.40 Å². The van der Waals surface area contributed by atoms with E-state index in [4.69, 9.17) is 4.98 Å². The first-order chi connectivity index (χ1) is 15.7. The number of hydrogen-bond donors (Lipinski definition) is 0. The minimum absolute atomic E-state index is 0.299. The predicted molar refractivity (Wildman–Crippen MR) is 118 cm³/mol. The van der Waals surface area contributed by atoms with E-state index in [9.17, 15) is 17.6 Å². The Morgan fingerprint density at radius 1 is 1.06 bits per heavy atom. The molecule has 172 valence electrons. The van der Waals surface area contributed by atoms with Gasteiger partial charge in [0.25, 0.3) is 5.78 Å². The van der Waals surface area contributed by atoms with E-state index in [-0.39, 0.29) is 5.82 Å². The molecule has 0 bridgehead atoms. The molecule has 2 aliphatic rings. The summed E-state index contributed by atoms with van der Waals surface area (Å²) in [7, 11) is 0. The molecule has 3 heterocycles. The van der Waals surface area contributed by atoms with Crippen molar-refractivity contribution < 1.29 is 17.6 Å². The lowest BCUT2D eigenvalue weighted by Crippen LogP contribution is -2.26. The van der Waals surface area contributed by atoms with Crippen molar-refractivity contribution in [1.29, 1.82) is 0 Å². The summed E-state index contributed by atoms with van der Waals surface area (Å²) < 4.78 is 51.1. The van der Waals surface area contributed by atoms with Gasteiger partial charge in [-0.25, -0.2) is 4.39 Å². The fourth-order valence-electron chi connectivity index (χ4n) is 4.25. The van der Waals surface area contributed by atoms with E-state index in [1.807, 2.05) is 6.07 Å². The van der Waals surface area contributed by atoms with E-state index in [0.29, 0.717) is 24.1 Å². The topological polar surface area (TPSA) is 46.3 Å². The number of alkyl halides is 3. The molecule has 1 aliphatic heterocycles. The maximum atomic E-state index is 14.6. The molecule has 33 heavy (non-hydrogen) atoms. The summed E-state index contributed by atoms with van der Waals surface area (Å²) in [5.41, 5.74) is 2.91. The molecule has 5 nitrogen and oxygen atoms in total. The molecule has 4 aromatic rings. The third kappa shape index (κ3) is 3.69. The number of nitrogens with zero attached hydrogens (tertiary/aromatic N) is 5. The van der Waals surface area contributed by atoms with Crippen LogP contribution < -0.4 is 4.90 Å². The van der Waals surface area contributed by atoms with Gasteiger partial charge in [0.2, 0.25) is 0 Å². The molecule has 1 aliphatic carbocycles. The zero-order valence-electron chi connectivity index (χ0n) is 18.3. The Kier molecular flexibility index (Phi) is 5.02. The summed E-state index contributed by atoms with van der Waals surface area (Å²) in [5, 5.41) is 8.72. The molecular weight excluding hydrogens is 434 g/mol. The number of hydrogen-bond acceptors (Lipinski definition) is 4. The Morgan fingerprint density at radius 2 is 1.82 bits per heavy atom. The van der Waals surface area contributed by atoms with E-state index in [1.165, 1.54) is 30.4 Å². The van der Waals surface area contributed by atoms with Crippen LogP contribution in [0.4, 0.5) is 29.1 Å². The summed E-state index contributed by atoms with van der Waals surface area (Å²) in [5.74, 6) is 0.848. The third-order valence-electron chi connectivity index (χ3n) is 6.63. The number of aryl methyl sites for hydroxylation is 1. The number of benzene rings is 2. The van der Waals surface area contributed by atoms with Gasteiger partial charge < -0.3 is 4.90 Å². The first kappa shape index (κ1) is 21.6. The molecule has 2 aromatic heterocycles. The minimum Gasteiger partial charge on any atom is -0.325 e. The third-order valence-corrected chi connectivity index (χ3v) is 6.63. The molecule has 9 heteroatoms. The van der Waals surface area contributed by atoms with Crippen molar-refractivity contribution in [3.05, 3.63) is 59.7 Å².